The van der Waals surface area contributed by atoms with Crippen molar-refractivity contribution in [1.29, 1.82) is 0 Å². The Hall–Kier alpha value is -0.240. The molecule has 0 aliphatic rings. The highest BCUT2D eigenvalue weighted by Gasteiger charge is 2.18. The molecule has 20 heavy (non-hydrogen) atoms. The fraction of sp³-hybridized carbons (Fsp3) is 0.647. The minimum Gasteiger partial charge on any atom is -0.310 e. The quantitative estimate of drug-likeness (QED) is 0.559. The lowest BCUT2D eigenvalue weighted by Gasteiger charge is -2.27. The van der Waals surface area contributed by atoms with Crippen LogP contribution in [0.25, 0.3) is 0 Å². The second-order valence-corrected chi connectivity index (χ2v) is 7.21. The number of rotatable bonds is 8. The van der Waals surface area contributed by atoms with Gasteiger partial charge in [-0.3, -0.25) is 0 Å². The molecule has 0 bridgehead atoms. The van der Waals surface area contributed by atoms with Gasteiger partial charge in [-0.05, 0) is 36.5 Å². The third kappa shape index (κ3) is 6.03. The molecule has 0 aliphatic carbocycles. The molecule has 1 aromatic rings. The highest BCUT2D eigenvalue weighted by atomic mass is 35.5. The molecule has 0 heterocycles. The molecule has 0 fully saturated rings. The molecule has 0 spiro atoms. The molecule has 0 aromatic heterocycles. The van der Waals surface area contributed by atoms with Crippen molar-refractivity contribution < 1.29 is 0 Å². The number of halogens is 2. The van der Waals surface area contributed by atoms with E-state index in [-0.39, 0.29) is 6.04 Å². The number of nitrogens with one attached hydrogen (secondary N) is 1. The van der Waals surface area contributed by atoms with E-state index in [9.17, 15) is 0 Å². The van der Waals surface area contributed by atoms with Crippen molar-refractivity contribution in [1.82, 2.24) is 5.32 Å². The Morgan fingerprint density at radius 1 is 1.15 bits per heavy atom. The molecule has 1 unspecified atom stereocenters. The van der Waals surface area contributed by atoms with Gasteiger partial charge in [-0.1, -0.05) is 69.3 Å². The number of benzene rings is 1. The fourth-order valence-electron chi connectivity index (χ4n) is 2.27. The van der Waals surface area contributed by atoms with Crippen LogP contribution in [0.15, 0.2) is 18.2 Å². The minimum absolute atomic E-state index is 0.287. The molecule has 0 saturated heterocycles. The highest BCUT2D eigenvalue weighted by molar-refractivity contribution is 6.42. The third-order valence-electron chi connectivity index (χ3n) is 3.79. The van der Waals surface area contributed by atoms with Crippen molar-refractivity contribution in [3.05, 3.63) is 33.8 Å². The number of unbranched alkanes of at least 4 members (excludes halogenated alkanes) is 2. The van der Waals surface area contributed by atoms with Crippen LogP contribution in [0.1, 0.15) is 65.0 Å². The Morgan fingerprint density at radius 2 is 1.85 bits per heavy atom. The standard InChI is InChI=1S/C17H27Cl2N/c1-5-6-7-10-17(3,4)12-20-13(2)14-8-9-15(18)16(19)11-14/h8-9,11,13,20H,5-7,10,12H2,1-4H3. The van der Waals surface area contributed by atoms with E-state index in [2.05, 4.69) is 33.0 Å². The first-order valence-corrected chi connectivity index (χ1v) is 8.29. The van der Waals surface area contributed by atoms with E-state index in [0.717, 1.165) is 6.54 Å². The summed E-state index contributed by atoms with van der Waals surface area (Å²) in [7, 11) is 0. The first kappa shape index (κ1) is 17.8. The number of hydrogen-bond acceptors (Lipinski definition) is 1. The van der Waals surface area contributed by atoms with E-state index in [1.807, 2.05) is 18.2 Å². The van der Waals surface area contributed by atoms with Gasteiger partial charge in [-0.25, -0.2) is 0 Å². The third-order valence-corrected chi connectivity index (χ3v) is 4.53. The summed E-state index contributed by atoms with van der Waals surface area (Å²) >= 11 is 12.0. The predicted molar refractivity (Wildman–Crippen MR) is 90.8 cm³/mol. The van der Waals surface area contributed by atoms with Gasteiger partial charge >= 0.3 is 0 Å². The summed E-state index contributed by atoms with van der Waals surface area (Å²) in [5, 5.41) is 4.85. The van der Waals surface area contributed by atoms with Gasteiger partial charge in [0.15, 0.2) is 0 Å². The second kappa shape index (κ2) is 8.26. The Kier molecular flexibility index (Phi) is 7.36. The average Bonchev–Trinajstić information content (AvgIpc) is 2.39. The minimum atomic E-state index is 0.287. The summed E-state index contributed by atoms with van der Waals surface area (Å²) in [6, 6.07) is 6.14. The van der Waals surface area contributed by atoms with Gasteiger partial charge in [-0.15, -0.1) is 0 Å². The van der Waals surface area contributed by atoms with Crippen LogP contribution in [0, 0.1) is 5.41 Å². The summed E-state index contributed by atoms with van der Waals surface area (Å²) in [6.07, 6.45) is 5.18. The van der Waals surface area contributed by atoms with Gasteiger partial charge < -0.3 is 5.32 Å². The predicted octanol–water partition coefficient (Wildman–Crippen LogP) is 6.25. The topological polar surface area (TPSA) is 12.0 Å². The molecule has 1 N–H and O–H groups in total. The van der Waals surface area contributed by atoms with Gasteiger partial charge in [0.2, 0.25) is 0 Å². The summed E-state index contributed by atoms with van der Waals surface area (Å²) in [4.78, 5) is 0. The molecule has 1 aromatic carbocycles. The van der Waals surface area contributed by atoms with Gasteiger partial charge in [0.05, 0.1) is 10.0 Å². The van der Waals surface area contributed by atoms with Gasteiger partial charge in [-0.2, -0.15) is 0 Å². The van der Waals surface area contributed by atoms with E-state index >= 15 is 0 Å². The van der Waals surface area contributed by atoms with Crippen molar-refractivity contribution >= 4 is 23.2 Å². The van der Waals surface area contributed by atoms with Crippen molar-refractivity contribution in [3.63, 3.8) is 0 Å². The Balaban J connectivity index is 2.49. The fourth-order valence-corrected chi connectivity index (χ4v) is 2.58. The lowest BCUT2D eigenvalue weighted by atomic mass is 9.86. The van der Waals surface area contributed by atoms with Crippen molar-refractivity contribution in [2.45, 2.75) is 59.4 Å². The van der Waals surface area contributed by atoms with Crippen LogP contribution in [0.4, 0.5) is 0 Å². The smallest absolute Gasteiger partial charge is 0.0595 e. The zero-order valence-electron chi connectivity index (χ0n) is 13.1. The maximum absolute atomic E-state index is 6.07. The van der Waals surface area contributed by atoms with E-state index in [1.165, 1.54) is 31.2 Å². The van der Waals surface area contributed by atoms with Gasteiger partial charge in [0, 0.05) is 12.6 Å². The Morgan fingerprint density at radius 3 is 2.45 bits per heavy atom. The molecular formula is C17H27Cl2N. The van der Waals surface area contributed by atoms with Crippen LogP contribution in [0.5, 0.6) is 0 Å². The monoisotopic (exact) mass is 315 g/mol. The summed E-state index contributed by atoms with van der Waals surface area (Å²) in [5.41, 5.74) is 1.52. The molecule has 1 atom stereocenters. The second-order valence-electron chi connectivity index (χ2n) is 6.40. The lowest BCUT2D eigenvalue weighted by molar-refractivity contribution is 0.291. The van der Waals surface area contributed by atoms with E-state index in [1.54, 1.807) is 0 Å². The van der Waals surface area contributed by atoms with Crippen LogP contribution in [-0.2, 0) is 0 Å². The summed E-state index contributed by atoms with van der Waals surface area (Å²) < 4.78 is 0. The highest BCUT2D eigenvalue weighted by Crippen LogP contribution is 2.27. The van der Waals surface area contributed by atoms with Crippen LogP contribution in [0.2, 0.25) is 10.0 Å². The molecule has 0 amide bonds. The van der Waals surface area contributed by atoms with Crippen molar-refractivity contribution in [2.75, 3.05) is 6.54 Å². The van der Waals surface area contributed by atoms with Crippen molar-refractivity contribution in [3.8, 4) is 0 Å². The van der Waals surface area contributed by atoms with Crippen LogP contribution in [0.3, 0.4) is 0 Å². The van der Waals surface area contributed by atoms with Crippen LogP contribution >= 0.6 is 23.2 Å². The average molecular weight is 316 g/mol. The molecule has 0 saturated carbocycles. The van der Waals surface area contributed by atoms with Gasteiger partial charge in [0.1, 0.15) is 0 Å². The maximum atomic E-state index is 6.07. The SMILES string of the molecule is CCCCCC(C)(C)CNC(C)c1ccc(Cl)c(Cl)c1. The molecule has 0 aliphatic heterocycles. The molecule has 3 heteroatoms. The zero-order valence-corrected chi connectivity index (χ0v) is 14.6. The molecular weight excluding hydrogens is 289 g/mol. The van der Waals surface area contributed by atoms with E-state index in [0.29, 0.717) is 15.5 Å². The lowest BCUT2D eigenvalue weighted by Crippen LogP contribution is -2.31. The molecule has 1 nitrogen and oxygen atoms in total. The van der Waals surface area contributed by atoms with Gasteiger partial charge in [0.25, 0.3) is 0 Å². The van der Waals surface area contributed by atoms with Crippen LogP contribution in [-0.4, -0.2) is 6.54 Å². The molecule has 1 rings (SSSR count). The maximum Gasteiger partial charge on any atom is 0.0595 e. The van der Waals surface area contributed by atoms with Crippen LogP contribution < -0.4 is 5.32 Å². The normalized spacial score (nSPS) is 13.5. The molecule has 0 radical (unpaired) electrons. The zero-order chi connectivity index (χ0) is 15.2. The van der Waals surface area contributed by atoms with E-state index < -0.39 is 0 Å². The number of hydrogen-bond donors (Lipinski definition) is 1. The largest absolute Gasteiger partial charge is 0.310 e. The summed E-state index contributed by atoms with van der Waals surface area (Å²) in [6.45, 7) is 10.1. The summed E-state index contributed by atoms with van der Waals surface area (Å²) in [5.74, 6) is 0. The Bertz CT molecular complexity index is 415. The first-order valence-electron chi connectivity index (χ1n) is 7.54. The first-order chi connectivity index (χ1) is 9.35. The Labute approximate surface area is 134 Å². The van der Waals surface area contributed by atoms with Crippen molar-refractivity contribution in [2.24, 2.45) is 5.41 Å². The van der Waals surface area contributed by atoms with E-state index in [4.69, 9.17) is 23.2 Å². The molecule has 114 valence electrons.